The molecule has 0 aliphatic heterocycles. The second-order valence-corrected chi connectivity index (χ2v) is 7.76. The Kier molecular flexibility index (Phi) is 4.94. The number of carbonyl (C=O) groups excluding carboxylic acids is 1. The molecule has 4 N–H and O–H groups in total. The highest BCUT2D eigenvalue weighted by Gasteiger charge is 2.12. The fourth-order valence-corrected chi connectivity index (χ4v) is 3.38. The van der Waals surface area contributed by atoms with Crippen molar-refractivity contribution in [1.82, 2.24) is 9.97 Å². The summed E-state index contributed by atoms with van der Waals surface area (Å²) < 4.78 is 49.0. The topological polar surface area (TPSA) is 118 Å². The van der Waals surface area contributed by atoms with Gasteiger partial charge in [0.1, 0.15) is 0 Å². The number of aromatic nitrogens is 2. The third kappa shape index (κ3) is 4.18. The largest absolute Gasteiger partial charge is 0.333 e. The maximum atomic E-state index is 13.2. The van der Waals surface area contributed by atoms with E-state index in [1.807, 2.05) is 0 Å². The highest BCUT2D eigenvalue weighted by Crippen LogP contribution is 2.22. The van der Waals surface area contributed by atoms with Gasteiger partial charge in [0.25, 0.3) is 0 Å². The van der Waals surface area contributed by atoms with Gasteiger partial charge in [0.2, 0.25) is 15.9 Å². The SMILES string of the molecule is NS(=O)(=O)c1cccc(NC(=O)CSc2nc3cc(F)c(F)cc3[nH]2)c1. The maximum absolute atomic E-state index is 13.2. The quantitative estimate of drug-likeness (QED) is 0.570. The van der Waals surface area contributed by atoms with Crippen molar-refractivity contribution in [3.05, 3.63) is 48.0 Å². The number of primary sulfonamides is 1. The summed E-state index contributed by atoms with van der Waals surface area (Å²) in [5, 5.41) is 7.89. The van der Waals surface area contributed by atoms with Crippen molar-refractivity contribution in [1.29, 1.82) is 0 Å². The van der Waals surface area contributed by atoms with E-state index in [1.165, 1.54) is 24.3 Å². The lowest BCUT2D eigenvalue weighted by Gasteiger charge is -2.06. The number of halogens is 2. The highest BCUT2D eigenvalue weighted by molar-refractivity contribution is 7.99. The summed E-state index contributed by atoms with van der Waals surface area (Å²) in [6.07, 6.45) is 0. The Morgan fingerprint density at radius 1 is 1.23 bits per heavy atom. The van der Waals surface area contributed by atoms with Gasteiger partial charge in [0.15, 0.2) is 16.8 Å². The number of hydrogen-bond donors (Lipinski definition) is 3. The molecule has 136 valence electrons. The summed E-state index contributed by atoms with van der Waals surface area (Å²) in [7, 11) is -3.87. The first-order valence-corrected chi connectivity index (χ1v) is 9.66. The van der Waals surface area contributed by atoms with Crippen LogP contribution in [0.25, 0.3) is 11.0 Å². The number of thioether (sulfide) groups is 1. The van der Waals surface area contributed by atoms with E-state index in [1.54, 1.807) is 0 Å². The second-order valence-electron chi connectivity index (χ2n) is 5.24. The number of nitrogens with two attached hydrogens (primary N) is 1. The van der Waals surface area contributed by atoms with Gasteiger partial charge in [0.05, 0.1) is 21.7 Å². The number of aromatic amines is 1. The molecular formula is C15H12F2N4O3S2. The minimum Gasteiger partial charge on any atom is -0.333 e. The van der Waals surface area contributed by atoms with Crippen molar-refractivity contribution in [2.45, 2.75) is 10.1 Å². The second kappa shape index (κ2) is 7.02. The Morgan fingerprint density at radius 3 is 2.69 bits per heavy atom. The fourth-order valence-electron chi connectivity index (χ4n) is 2.13. The van der Waals surface area contributed by atoms with Crippen LogP contribution in [0.15, 0.2) is 46.5 Å². The number of benzene rings is 2. The van der Waals surface area contributed by atoms with Gasteiger partial charge in [-0.1, -0.05) is 17.8 Å². The summed E-state index contributed by atoms with van der Waals surface area (Å²) in [6.45, 7) is 0. The predicted octanol–water partition coefficient (Wildman–Crippen LogP) is 2.22. The molecule has 0 saturated heterocycles. The summed E-state index contributed by atoms with van der Waals surface area (Å²) in [5.41, 5.74) is 0.830. The molecule has 0 aliphatic carbocycles. The lowest BCUT2D eigenvalue weighted by atomic mass is 10.3. The van der Waals surface area contributed by atoms with Gasteiger partial charge in [-0.3, -0.25) is 4.79 Å². The average molecular weight is 398 g/mol. The van der Waals surface area contributed by atoms with Crippen LogP contribution in [-0.2, 0) is 14.8 Å². The van der Waals surface area contributed by atoms with Crippen LogP contribution < -0.4 is 10.5 Å². The lowest BCUT2D eigenvalue weighted by molar-refractivity contribution is -0.113. The van der Waals surface area contributed by atoms with Crippen LogP contribution in [0.2, 0.25) is 0 Å². The van der Waals surface area contributed by atoms with Crippen molar-refractivity contribution in [3.8, 4) is 0 Å². The Bertz CT molecular complexity index is 1060. The fraction of sp³-hybridized carbons (Fsp3) is 0.0667. The van der Waals surface area contributed by atoms with E-state index < -0.39 is 27.6 Å². The van der Waals surface area contributed by atoms with Gasteiger partial charge in [-0.25, -0.2) is 27.3 Å². The Morgan fingerprint density at radius 2 is 1.96 bits per heavy atom. The highest BCUT2D eigenvalue weighted by atomic mass is 32.2. The van der Waals surface area contributed by atoms with E-state index in [-0.39, 0.29) is 21.9 Å². The Labute approximate surface area is 151 Å². The number of H-pyrrole nitrogens is 1. The molecule has 11 heteroatoms. The van der Waals surface area contributed by atoms with Crippen LogP contribution in [0.3, 0.4) is 0 Å². The number of rotatable bonds is 5. The normalized spacial score (nSPS) is 11.7. The summed E-state index contributed by atoms with van der Waals surface area (Å²) in [4.78, 5) is 18.7. The molecule has 3 aromatic rings. The number of imidazole rings is 1. The molecule has 0 atom stereocenters. The zero-order chi connectivity index (χ0) is 18.9. The van der Waals surface area contributed by atoms with E-state index >= 15 is 0 Å². The molecular weight excluding hydrogens is 386 g/mol. The van der Waals surface area contributed by atoms with Gasteiger partial charge in [-0.2, -0.15) is 0 Å². The van der Waals surface area contributed by atoms with Gasteiger partial charge >= 0.3 is 0 Å². The molecule has 2 aromatic carbocycles. The van der Waals surface area contributed by atoms with Crippen molar-refractivity contribution in [3.63, 3.8) is 0 Å². The van der Waals surface area contributed by atoms with Crippen LogP contribution in [-0.4, -0.2) is 30.0 Å². The standard InChI is InChI=1S/C15H12F2N4O3S2/c16-10-5-12-13(6-11(10)17)21-15(20-12)25-7-14(22)19-8-2-1-3-9(4-8)26(18,23)24/h1-6H,7H2,(H,19,22)(H,20,21)(H2,18,23,24). The molecule has 0 radical (unpaired) electrons. The molecule has 7 nitrogen and oxygen atoms in total. The molecule has 0 spiro atoms. The number of carbonyl (C=O) groups is 1. The monoisotopic (exact) mass is 398 g/mol. The first-order valence-electron chi connectivity index (χ1n) is 7.12. The lowest BCUT2D eigenvalue weighted by Crippen LogP contribution is -2.16. The van der Waals surface area contributed by atoms with E-state index in [0.29, 0.717) is 10.7 Å². The molecule has 1 aromatic heterocycles. The zero-order valence-corrected chi connectivity index (χ0v) is 14.6. The number of fused-ring (bicyclic) bond motifs is 1. The predicted molar refractivity (Wildman–Crippen MR) is 93.2 cm³/mol. The van der Waals surface area contributed by atoms with E-state index in [4.69, 9.17) is 5.14 Å². The first kappa shape index (κ1) is 18.3. The van der Waals surface area contributed by atoms with Crippen LogP contribution in [0, 0.1) is 11.6 Å². The number of nitrogens with one attached hydrogen (secondary N) is 2. The molecule has 0 saturated carbocycles. The van der Waals surface area contributed by atoms with E-state index in [0.717, 1.165) is 23.9 Å². The number of amides is 1. The van der Waals surface area contributed by atoms with Gasteiger partial charge in [-0.15, -0.1) is 0 Å². The molecule has 0 bridgehead atoms. The third-order valence-electron chi connectivity index (χ3n) is 3.29. The van der Waals surface area contributed by atoms with Crippen LogP contribution >= 0.6 is 11.8 Å². The van der Waals surface area contributed by atoms with E-state index in [9.17, 15) is 22.0 Å². The Hall–Kier alpha value is -2.50. The van der Waals surface area contributed by atoms with Crippen molar-refractivity contribution >= 4 is 44.4 Å². The van der Waals surface area contributed by atoms with E-state index in [2.05, 4.69) is 15.3 Å². The smallest absolute Gasteiger partial charge is 0.238 e. The minimum atomic E-state index is -3.87. The van der Waals surface area contributed by atoms with Crippen molar-refractivity contribution in [2.24, 2.45) is 5.14 Å². The van der Waals surface area contributed by atoms with Gasteiger partial charge < -0.3 is 10.3 Å². The van der Waals surface area contributed by atoms with Crippen LogP contribution in [0.1, 0.15) is 0 Å². The molecule has 1 heterocycles. The Balaban J connectivity index is 1.66. The van der Waals surface area contributed by atoms with Gasteiger partial charge in [0, 0.05) is 17.8 Å². The minimum absolute atomic E-state index is 0.0512. The first-order chi connectivity index (χ1) is 12.2. The van der Waals surface area contributed by atoms with Crippen molar-refractivity contribution in [2.75, 3.05) is 11.1 Å². The summed E-state index contributed by atoms with van der Waals surface area (Å²) >= 11 is 1.03. The number of anilines is 1. The third-order valence-corrected chi connectivity index (χ3v) is 5.07. The maximum Gasteiger partial charge on any atom is 0.238 e. The van der Waals surface area contributed by atoms with Crippen molar-refractivity contribution < 1.29 is 22.0 Å². The molecule has 0 fully saturated rings. The number of sulfonamides is 1. The number of nitrogens with zero attached hydrogens (tertiary/aromatic N) is 1. The van der Waals surface area contributed by atoms with Crippen LogP contribution in [0.5, 0.6) is 0 Å². The average Bonchev–Trinajstić information content (AvgIpc) is 2.94. The molecule has 0 aliphatic rings. The number of hydrogen-bond acceptors (Lipinski definition) is 5. The zero-order valence-electron chi connectivity index (χ0n) is 13.0. The molecule has 1 amide bonds. The molecule has 0 unspecified atom stereocenters. The van der Waals surface area contributed by atoms with Crippen LogP contribution in [0.4, 0.5) is 14.5 Å². The summed E-state index contributed by atoms with van der Waals surface area (Å²) in [5.74, 6) is -2.47. The van der Waals surface area contributed by atoms with Gasteiger partial charge in [-0.05, 0) is 18.2 Å². The molecule has 26 heavy (non-hydrogen) atoms. The molecule has 3 rings (SSSR count). The summed E-state index contributed by atoms with van der Waals surface area (Å²) in [6, 6.07) is 7.47.